The molecule has 3 saturated carbocycles. The second kappa shape index (κ2) is 6.85. The second-order valence-corrected chi connectivity index (χ2v) is 9.76. The van der Waals surface area contributed by atoms with Crippen molar-refractivity contribution in [2.45, 2.75) is 77.7 Å². The summed E-state index contributed by atoms with van der Waals surface area (Å²) < 4.78 is 5.61. The predicted molar refractivity (Wildman–Crippen MR) is 102 cm³/mol. The highest BCUT2D eigenvalue weighted by Gasteiger charge is 2.55. The number of amides is 1. The maximum atomic E-state index is 11.8. The lowest BCUT2D eigenvalue weighted by Gasteiger charge is -2.57. The van der Waals surface area contributed by atoms with Gasteiger partial charge in [0.1, 0.15) is 6.10 Å². The van der Waals surface area contributed by atoms with E-state index in [1.165, 1.54) is 38.5 Å². The van der Waals surface area contributed by atoms with E-state index in [9.17, 15) is 4.79 Å². The van der Waals surface area contributed by atoms with Crippen LogP contribution in [-0.2, 0) is 4.74 Å². The van der Waals surface area contributed by atoms with E-state index >= 15 is 0 Å². The fraction of sp³-hybridized carbons (Fsp3) is 0.864. The SMILES string of the molecule is C[C@]12CCCC1[C@H]1CC=C3C[C@H](OC(=O)NCCO)CC[C@@]3(C)C1CC2. The van der Waals surface area contributed by atoms with Crippen molar-refractivity contribution in [2.24, 2.45) is 28.6 Å². The Morgan fingerprint density at radius 1 is 1.23 bits per heavy atom. The van der Waals surface area contributed by atoms with Crippen molar-refractivity contribution < 1.29 is 14.6 Å². The standard InChI is InChI=1S/C22H35NO3/c1-21-9-3-4-18(21)17-6-5-15-14-16(26-20(25)23-12-13-24)7-11-22(15,2)19(17)8-10-21/h5,16-19,24H,3-4,6-14H2,1-2H3,(H,23,25)/t16-,17-,18?,19?,21-,22-/m1/s1. The molecule has 3 fully saturated rings. The molecule has 4 aliphatic rings. The van der Waals surface area contributed by atoms with Gasteiger partial charge in [-0.15, -0.1) is 0 Å². The van der Waals surface area contributed by atoms with Crippen LogP contribution >= 0.6 is 0 Å². The van der Waals surface area contributed by atoms with Gasteiger partial charge in [0.2, 0.25) is 0 Å². The van der Waals surface area contributed by atoms with E-state index in [1.807, 2.05) is 0 Å². The Morgan fingerprint density at radius 3 is 2.88 bits per heavy atom. The third-order valence-corrected chi connectivity index (χ3v) is 8.49. The van der Waals surface area contributed by atoms with Gasteiger partial charge in [0, 0.05) is 13.0 Å². The Labute approximate surface area is 157 Å². The smallest absolute Gasteiger partial charge is 0.407 e. The average Bonchev–Trinajstić information content (AvgIpc) is 3.02. The first-order chi connectivity index (χ1) is 12.5. The number of carbonyl (C=O) groups is 1. The molecule has 146 valence electrons. The van der Waals surface area contributed by atoms with E-state index in [0.717, 1.165) is 37.0 Å². The Morgan fingerprint density at radius 2 is 2.08 bits per heavy atom. The molecule has 4 heteroatoms. The van der Waals surface area contributed by atoms with E-state index in [1.54, 1.807) is 5.57 Å². The van der Waals surface area contributed by atoms with Crippen LogP contribution in [0, 0.1) is 28.6 Å². The van der Waals surface area contributed by atoms with Crippen molar-refractivity contribution >= 4 is 6.09 Å². The van der Waals surface area contributed by atoms with Crippen LogP contribution in [0.4, 0.5) is 4.79 Å². The zero-order valence-corrected chi connectivity index (χ0v) is 16.4. The summed E-state index contributed by atoms with van der Waals surface area (Å²) in [6.45, 7) is 5.26. The Kier molecular flexibility index (Phi) is 4.83. The minimum absolute atomic E-state index is 0.00935. The van der Waals surface area contributed by atoms with Crippen molar-refractivity contribution in [1.82, 2.24) is 5.32 Å². The van der Waals surface area contributed by atoms with Crippen molar-refractivity contribution in [2.75, 3.05) is 13.2 Å². The molecule has 0 aromatic rings. The lowest BCUT2D eigenvalue weighted by atomic mass is 9.48. The van der Waals surface area contributed by atoms with Gasteiger partial charge in [0.05, 0.1) is 6.61 Å². The van der Waals surface area contributed by atoms with E-state index in [4.69, 9.17) is 9.84 Å². The number of carbonyl (C=O) groups excluding carboxylic acids is 1. The first kappa shape index (κ1) is 18.3. The van der Waals surface area contributed by atoms with Gasteiger partial charge >= 0.3 is 6.09 Å². The molecule has 0 spiro atoms. The number of aliphatic hydroxyl groups is 1. The molecular weight excluding hydrogens is 326 g/mol. The maximum Gasteiger partial charge on any atom is 0.407 e. The minimum Gasteiger partial charge on any atom is -0.446 e. The lowest BCUT2D eigenvalue weighted by molar-refractivity contribution is -0.0377. The summed E-state index contributed by atoms with van der Waals surface area (Å²) in [7, 11) is 0. The monoisotopic (exact) mass is 361 g/mol. The van der Waals surface area contributed by atoms with Gasteiger partial charge in [0.15, 0.2) is 0 Å². The maximum absolute atomic E-state index is 11.8. The summed E-state index contributed by atoms with van der Waals surface area (Å²) >= 11 is 0. The molecule has 0 saturated heterocycles. The quantitative estimate of drug-likeness (QED) is 0.731. The third-order valence-electron chi connectivity index (χ3n) is 8.49. The highest BCUT2D eigenvalue weighted by molar-refractivity contribution is 5.67. The molecule has 0 aromatic carbocycles. The van der Waals surface area contributed by atoms with Crippen LogP contribution in [0.15, 0.2) is 11.6 Å². The molecule has 2 N–H and O–H groups in total. The number of ether oxygens (including phenoxy) is 1. The summed E-state index contributed by atoms with van der Waals surface area (Å²) in [5.41, 5.74) is 2.47. The van der Waals surface area contributed by atoms with Gasteiger partial charge < -0.3 is 15.2 Å². The molecule has 1 amide bonds. The summed E-state index contributed by atoms with van der Waals surface area (Å²) in [6.07, 6.45) is 13.5. The van der Waals surface area contributed by atoms with Gasteiger partial charge in [-0.2, -0.15) is 0 Å². The van der Waals surface area contributed by atoms with Crippen LogP contribution in [0.5, 0.6) is 0 Å². The molecule has 2 unspecified atom stereocenters. The molecule has 6 atom stereocenters. The third kappa shape index (κ3) is 2.98. The van der Waals surface area contributed by atoms with Crippen LogP contribution in [0.2, 0.25) is 0 Å². The number of aliphatic hydroxyl groups excluding tert-OH is 1. The van der Waals surface area contributed by atoms with Crippen molar-refractivity contribution in [3.63, 3.8) is 0 Å². The number of fused-ring (bicyclic) bond motifs is 5. The largest absolute Gasteiger partial charge is 0.446 e. The molecular formula is C22H35NO3. The van der Waals surface area contributed by atoms with E-state index < -0.39 is 0 Å². The van der Waals surface area contributed by atoms with Crippen LogP contribution < -0.4 is 5.32 Å². The molecule has 4 rings (SSSR count). The van der Waals surface area contributed by atoms with Crippen LogP contribution in [-0.4, -0.2) is 30.5 Å². The number of rotatable bonds is 3. The molecule has 4 nitrogen and oxygen atoms in total. The van der Waals surface area contributed by atoms with Gasteiger partial charge in [-0.1, -0.05) is 31.9 Å². The van der Waals surface area contributed by atoms with Gasteiger partial charge in [-0.05, 0) is 73.5 Å². The van der Waals surface area contributed by atoms with E-state index in [2.05, 4.69) is 25.2 Å². The zero-order chi connectivity index (χ0) is 18.4. The van der Waals surface area contributed by atoms with Gasteiger partial charge in [-0.3, -0.25) is 0 Å². The highest BCUT2D eigenvalue weighted by atomic mass is 16.6. The molecule has 4 aliphatic carbocycles. The molecule has 0 bridgehead atoms. The van der Waals surface area contributed by atoms with Crippen LogP contribution in [0.3, 0.4) is 0 Å². The summed E-state index contributed by atoms with van der Waals surface area (Å²) in [5, 5.41) is 11.4. The number of alkyl carbamates (subject to hydrolysis) is 1. The fourth-order valence-electron chi connectivity index (χ4n) is 7.07. The zero-order valence-electron chi connectivity index (χ0n) is 16.4. The van der Waals surface area contributed by atoms with E-state index in [0.29, 0.717) is 10.8 Å². The first-order valence-electron chi connectivity index (χ1n) is 10.7. The Balaban J connectivity index is 1.46. The topological polar surface area (TPSA) is 58.6 Å². The molecule has 0 heterocycles. The van der Waals surface area contributed by atoms with Crippen LogP contribution in [0.1, 0.15) is 71.6 Å². The average molecular weight is 362 g/mol. The molecule has 0 radical (unpaired) electrons. The first-order valence-corrected chi connectivity index (χ1v) is 10.7. The minimum atomic E-state index is -0.388. The van der Waals surface area contributed by atoms with Crippen molar-refractivity contribution in [3.8, 4) is 0 Å². The van der Waals surface area contributed by atoms with Crippen LogP contribution in [0.25, 0.3) is 0 Å². The van der Waals surface area contributed by atoms with Gasteiger partial charge in [-0.25, -0.2) is 4.79 Å². The molecule has 0 aromatic heterocycles. The van der Waals surface area contributed by atoms with Crippen molar-refractivity contribution in [1.29, 1.82) is 0 Å². The number of allylic oxidation sites excluding steroid dienone is 1. The summed E-state index contributed by atoms with van der Waals surface area (Å²) in [6, 6.07) is 0. The van der Waals surface area contributed by atoms with E-state index in [-0.39, 0.29) is 25.3 Å². The number of hydrogen-bond acceptors (Lipinski definition) is 3. The summed E-state index contributed by atoms with van der Waals surface area (Å²) in [5.74, 6) is 2.62. The normalized spacial score (nSPS) is 44.3. The van der Waals surface area contributed by atoms with Crippen molar-refractivity contribution in [3.05, 3.63) is 11.6 Å². The Bertz CT molecular complexity index is 588. The highest BCUT2D eigenvalue weighted by Crippen LogP contribution is 2.64. The number of hydrogen-bond donors (Lipinski definition) is 2. The Hall–Kier alpha value is -1.03. The number of nitrogens with one attached hydrogen (secondary N) is 1. The molecule has 0 aliphatic heterocycles. The second-order valence-electron chi connectivity index (χ2n) is 9.76. The predicted octanol–water partition coefficient (Wildman–Crippen LogP) is 4.43. The fourth-order valence-corrected chi connectivity index (χ4v) is 7.07. The lowest BCUT2D eigenvalue weighted by Crippen LogP contribution is -2.49. The molecule has 26 heavy (non-hydrogen) atoms. The van der Waals surface area contributed by atoms with Gasteiger partial charge in [0.25, 0.3) is 0 Å². The summed E-state index contributed by atoms with van der Waals surface area (Å²) in [4.78, 5) is 11.8.